The van der Waals surface area contributed by atoms with Gasteiger partial charge in [-0.3, -0.25) is 4.79 Å². The predicted octanol–water partition coefficient (Wildman–Crippen LogP) is 2.46. The third-order valence-corrected chi connectivity index (χ3v) is 6.88. The zero-order valence-electron chi connectivity index (χ0n) is 11.8. The molecule has 3 rings (SSSR count). The van der Waals surface area contributed by atoms with Crippen molar-refractivity contribution in [3.05, 3.63) is 35.4 Å². The largest absolute Gasteiger partial charge is 0.338 e. The minimum absolute atomic E-state index is 0.0132. The van der Waals surface area contributed by atoms with Gasteiger partial charge in [0.1, 0.15) is 0 Å². The van der Waals surface area contributed by atoms with Crippen LogP contribution in [0.1, 0.15) is 12.8 Å². The molecule has 1 atom stereocenters. The number of nitrogens with zero attached hydrogens (tertiary/aromatic N) is 1. The summed E-state index contributed by atoms with van der Waals surface area (Å²) in [7, 11) is -0.969. The molecule has 0 amide bonds. The van der Waals surface area contributed by atoms with E-state index in [1.807, 2.05) is 36.2 Å². The van der Waals surface area contributed by atoms with Crippen molar-refractivity contribution in [1.29, 1.82) is 0 Å². The lowest BCUT2D eigenvalue weighted by Gasteiger charge is -2.13. The first kappa shape index (κ1) is 14.7. The third-order valence-electron chi connectivity index (χ3n) is 3.87. The summed E-state index contributed by atoms with van der Waals surface area (Å²) < 4.78 is 22.9. The first-order chi connectivity index (χ1) is 9.94. The topological polar surface area (TPSA) is 54.5 Å². The lowest BCUT2D eigenvalue weighted by Crippen LogP contribution is -2.13. The van der Waals surface area contributed by atoms with Gasteiger partial charge < -0.3 is 4.90 Å². The molecule has 0 bridgehead atoms. The van der Waals surface area contributed by atoms with Gasteiger partial charge in [0.25, 0.3) is 0 Å². The first-order valence-corrected chi connectivity index (χ1v) is 9.54. The second-order valence-electron chi connectivity index (χ2n) is 5.55. The highest BCUT2D eigenvalue weighted by molar-refractivity contribution is 8.03. The summed E-state index contributed by atoms with van der Waals surface area (Å²) in [6, 6.07) is 8.01. The number of allylic oxidation sites excluding steroid dienone is 1. The lowest BCUT2D eigenvalue weighted by molar-refractivity contribution is -0.115. The molecule has 4 nitrogen and oxygen atoms in total. The Bertz CT molecular complexity index is 709. The summed E-state index contributed by atoms with van der Waals surface area (Å²) in [5, 5.41) is 0.905. The Morgan fingerprint density at radius 3 is 2.86 bits per heavy atom. The van der Waals surface area contributed by atoms with Crippen molar-refractivity contribution in [1.82, 2.24) is 0 Å². The number of rotatable bonds is 3. The molecule has 0 unspecified atom stereocenters. The Morgan fingerprint density at radius 2 is 2.19 bits per heavy atom. The summed E-state index contributed by atoms with van der Waals surface area (Å²) in [5.74, 6) is 0.380. The predicted molar refractivity (Wildman–Crippen MR) is 85.2 cm³/mol. The van der Waals surface area contributed by atoms with Crippen LogP contribution >= 0.6 is 11.8 Å². The number of benzene rings is 1. The normalized spacial score (nSPS) is 25.3. The van der Waals surface area contributed by atoms with Crippen LogP contribution in [0.5, 0.6) is 0 Å². The summed E-state index contributed by atoms with van der Waals surface area (Å²) in [4.78, 5) is 15.3. The van der Waals surface area contributed by atoms with Crippen molar-refractivity contribution in [3.8, 4) is 0 Å². The Kier molecular flexibility index (Phi) is 3.84. The van der Waals surface area contributed by atoms with Gasteiger partial charge in [0.05, 0.1) is 22.2 Å². The van der Waals surface area contributed by atoms with Gasteiger partial charge >= 0.3 is 0 Å². The number of fused-ring (bicyclic) bond motifs is 1. The minimum Gasteiger partial charge on any atom is -0.338 e. The van der Waals surface area contributed by atoms with E-state index in [2.05, 4.69) is 0 Å². The Hall–Kier alpha value is -1.27. The molecule has 1 fully saturated rings. The Balaban J connectivity index is 1.68. The Morgan fingerprint density at radius 1 is 1.43 bits per heavy atom. The molecule has 1 saturated heterocycles. The van der Waals surface area contributed by atoms with Crippen LogP contribution in [-0.2, 0) is 14.6 Å². The highest BCUT2D eigenvalue weighted by Gasteiger charge is 2.29. The molecule has 0 radical (unpaired) electrons. The van der Waals surface area contributed by atoms with Gasteiger partial charge in [0, 0.05) is 24.4 Å². The molecule has 0 N–H and O–H groups in total. The molecule has 0 spiro atoms. The van der Waals surface area contributed by atoms with Gasteiger partial charge in [-0.25, -0.2) is 8.42 Å². The molecule has 1 aromatic carbocycles. The van der Waals surface area contributed by atoms with E-state index in [0.29, 0.717) is 12.8 Å². The van der Waals surface area contributed by atoms with Crippen LogP contribution in [0.15, 0.2) is 40.3 Å². The Labute approximate surface area is 129 Å². The third kappa shape index (κ3) is 3.16. The molecule has 1 aromatic rings. The van der Waals surface area contributed by atoms with E-state index in [0.717, 1.165) is 15.6 Å². The van der Waals surface area contributed by atoms with E-state index in [9.17, 15) is 13.2 Å². The van der Waals surface area contributed by atoms with Crippen molar-refractivity contribution >= 4 is 33.1 Å². The maximum Gasteiger partial charge on any atom is 0.158 e. The standard InChI is InChI=1S/C15H17NO3S2/c1-16-13-4-2-3-5-14(13)20-15(16)9-12(17)8-11-6-7-21(18,19)10-11/h2-5,9,11H,6-8,10H2,1H3/b15-9-/t11-/m1/s1. The van der Waals surface area contributed by atoms with Crippen LogP contribution in [0.25, 0.3) is 0 Å². The zero-order chi connectivity index (χ0) is 15.0. The molecule has 2 aliphatic rings. The van der Waals surface area contributed by atoms with E-state index in [1.165, 1.54) is 0 Å². The molecule has 112 valence electrons. The van der Waals surface area contributed by atoms with E-state index in [4.69, 9.17) is 0 Å². The van der Waals surface area contributed by atoms with E-state index >= 15 is 0 Å². The first-order valence-electron chi connectivity index (χ1n) is 6.90. The highest BCUT2D eigenvalue weighted by atomic mass is 32.2. The number of para-hydroxylation sites is 1. The second-order valence-corrected chi connectivity index (χ2v) is 8.84. The van der Waals surface area contributed by atoms with Crippen molar-refractivity contribution < 1.29 is 13.2 Å². The molecule has 6 heteroatoms. The van der Waals surface area contributed by atoms with Gasteiger partial charge in [0.2, 0.25) is 0 Å². The number of anilines is 1. The van der Waals surface area contributed by atoms with Gasteiger partial charge in [-0.15, -0.1) is 0 Å². The molecule has 0 saturated carbocycles. The van der Waals surface area contributed by atoms with E-state index in [-0.39, 0.29) is 23.2 Å². The fourth-order valence-electron chi connectivity index (χ4n) is 2.76. The number of ketones is 1. The summed E-state index contributed by atoms with van der Waals surface area (Å²) in [5.41, 5.74) is 1.10. The summed E-state index contributed by atoms with van der Waals surface area (Å²) >= 11 is 1.58. The molecule has 2 heterocycles. The highest BCUT2D eigenvalue weighted by Crippen LogP contribution is 2.44. The molecule has 21 heavy (non-hydrogen) atoms. The van der Waals surface area contributed by atoms with E-state index in [1.54, 1.807) is 17.8 Å². The number of thioether (sulfide) groups is 1. The summed E-state index contributed by atoms with van der Waals surface area (Å²) in [6.07, 6.45) is 2.59. The quantitative estimate of drug-likeness (QED) is 0.800. The SMILES string of the molecule is CN1/C(=C/C(=O)C[C@H]2CCS(=O)(=O)C2)Sc2ccccc21. The molecular weight excluding hydrogens is 306 g/mol. The van der Waals surface area contributed by atoms with Crippen molar-refractivity contribution in [2.45, 2.75) is 17.7 Å². The monoisotopic (exact) mass is 323 g/mol. The van der Waals surface area contributed by atoms with Gasteiger partial charge in [-0.1, -0.05) is 23.9 Å². The second kappa shape index (κ2) is 5.50. The zero-order valence-corrected chi connectivity index (χ0v) is 13.4. The molecule has 0 aliphatic carbocycles. The van der Waals surface area contributed by atoms with Gasteiger partial charge in [-0.2, -0.15) is 0 Å². The van der Waals surface area contributed by atoms with Gasteiger partial charge in [-0.05, 0) is 24.5 Å². The fraction of sp³-hybridized carbons (Fsp3) is 0.400. The molecule has 2 aliphatic heterocycles. The van der Waals surface area contributed by atoms with Gasteiger partial charge in [0.15, 0.2) is 15.6 Å². The van der Waals surface area contributed by atoms with Crippen LogP contribution in [-0.4, -0.2) is 32.8 Å². The fourth-order valence-corrected chi connectivity index (χ4v) is 5.73. The van der Waals surface area contributed by atoms with Crippen LogP contribution in [0.3, 0.4) is 0 Å². The molecule has 0 aromatic heterocycles. The smallest absolute Gasteiger partial charge is 0.158 e. The van der Waals surface area contributed by atoms with Crippen molar-refractivity contribution in [2.75, 3.05) is 23.5 Å². The maximum atomic E-state index is 12.2. The average Bonchev–Trinajstić information content (AvgIpc) is 2.91. The summed E-state index contributed by atoms with van der Waals surface area (Å²) in [6.45, 7) is 0. The van der Waals surface area contributed by atoms with Crippen LogP contribution < -0.4 is 4.90 Å². The number of carbonyl (C=O) groups is 1. The maximum absolute atomic E-state index is 12.2. The number of sulfone groups is 1. The number of hydrogen-bond donors (Lipinski definition) is 0. The van der Waals surface area contributed by atoms with Crippen LogP contribution in [0.4, 0.5) is 5.69 Å². The van der Waals surface area contributed by atoms with Crippen molar-refractivity contribution in [2.24, 2.45) is 5.92 Å². The van der Waals surface area contributed by atoms with Crippen LogP contribution in [0, 0.1) is 5.92 Å². The van der Waals surface area contributed by atoms with Crippen molar-refractivity contribution in [3.63, 3.8) is 0 Å². The van der Waals surface area contributed by atoms with Crippen LogP contribution in [0.2, 0.25) is 0 Å². The average molecular weight is 323 g/mol. The number of carbonyl (C=O) groups excluding carboxylic acids is 1. The number of hydrogen-bond acceptors (Lipinski definition) is 5. The lowest BCUT2D eigenvalue weighted by atomic mass is 10.0. The van der Waals surface area contributed by atoms with E-state index < -0.39 is 9.84 Å². The molecular formula is C15H17NO3S2. The minimum atomic E-state index is -2.91.